The monoisotopic (exact) mass is 622 g/mol. The SMILES string of the molecule is C=CCOC(=O)[C@H]1[C@@H]2OC3(CC2Br)C(C(=O)N(CC=C)c2c(C)cccc2Cl)N(CCCCCCO)C(=O)[C@H]13. The van der Waals surface area contributed by atoms with Crippen LogP contribution in [-0.4, -0.2) is 76.7 Å². The molecule has 4 rings (SSSR count). The third kappa shape index (κ3) is 5.31. The predicted octanol–water partition coefficient (Wildman–Crippen LogP) is 4.20. The number of hydrogen-bond donors (Lipinski definition) is 1. The van der Waals surface area contributed by atoms with Gasteiger partial charge in [-0.3, -0.25) is 14.4 Å². The molecule has 1 N–H and O–H groups in total. The summed E-state index contributed by atoms with van der Waals surface area (Å²) in [5.41, 5.74) is 0.182. The molecule has 3 saturated heterocycles. The molecule has 6 atom stereocenters. The molecule has 0 aliphatic carbocycles. The summed E-state index contributed by atoms with van der Waals surface area (Å²) in [6.07, 6.45) is 5.85. The van der Waals surface area contributed by atoms with Gasteiger partial charge in [0, 0.05) is 24.5 Å². The zero-order chi connectivity index (χ0) is 28.3. The van der Waals surface area contributed by atoms with Crippen molar-refractivity contribution in [3.63, 3.8) is 0 Å². The van der Waals surface area contributed by atoms with Gasteiger partial charge in [-0.1, -0.05) is 71.2 Å². The minimum absolute atomic E-state index is 0.0265. The summed E-state index contributed by atoms with van der Waals surface area (Å²) < 4.78 is 11.9. The van der Waals surface area contributed by atoms with Crippen LogP contribution >= 0.6 is 27.5 Å². The molecule has 10 heteroatoms. The molecular formula is C29H36BrClN2O6. The summed E-state index contributed by atoms with van der Waals surface area (Å²) in [6, 6.07) is 4.47. The van der Waals surface area contributed by atoms with E-state index in [9.17, 15) is 14.4 Å². The van der Waals surface area contributed by atoms with Gasteiger partial charge in [-0.25, -0.2) is 0 Å². The Balaban J connectivity index is 1.76. The second-order valence-corrected chi connectivity index (χ2v) is 12.0. The fourth-order valence-corrected chi connectivity index (χ4v) is 7.70. The van der Waals surface area contributed by atoms with Crippen LogP contribution < -0.4 is 4.90 Å². The second-order valence-electron chi connectivity index (χ2n) is 10.4. The van der Waals surface area contributed by atoms with Crippen LogP contribution in [0.1, 0.15) is 37.7 Å². The Bertz CT molecular complexity index is 1110. The number of aryl methyl sites for hydroxylation is 1. The highest BCUT2D eigenvalue weighted by Crippen LogP contribution is 2.60. The van der Waals surface area contributed by atoms with Crippen molar-refractivity contribution in [1.82, 2.24) is 4.90 Å². The number of alkyl halides is 1. The first-order chi connectivity index (χ1) is 18.7. The number of anilines is 1. The summed E-state index contributed by atoms with van der Waals surface area (Å²) >= 11 is 10.3. The molecule has 8 nitrogen and oxygen atoms in total. The van der Waals surface area contributed by atoms with Gasteiger partial charge < -0.3 is 24.4 Å². The number of ether oxygens (including phenoxy) is 2. The Hall–Kier alpha value is -2.20. The molecule has 2 bridgehead atoms. The first-order valence-electron chi connectivity index (χ1n) is 13.4. The summed E-state index contributed by atoms with van der Waals surface area (Å²) in [6.45, 7) is 9.99. The second kappa shape index (κ2) is 12.5. The molecule has 1 spiro atoms. The summed E-state index contributed by atoms with van der Waals surface area (Å²) in [5.74, 6) is -2.78. The number of hydrogen-bond acceptors (Lipinski definition) is 6. The van der Waals surface area contributed by atoms with E-state index in [1.807, 2.05) is 19.1 Å². The van der Waals surface area contributed by atoms with Crippen molar-refractivity contribution in [2.45, 2.75) is 61.6 Å². The first-order valence-corrected chi connectivity index (χ1v) is 14.7. The third-order valence-electron chi connectivity index (χ3n) is 7.98. The van der Waals surface area contributed by atoms with E-state index >= 15 is 0 Å². The quantitative estimate of drug-likeness (QED) is 0.153. The molecule has 3 aliphatic rings. The molecule has 0 saturated carbocycles. The van der Waals surface area contributed by atoms with E-state index in [4.69, 9.17) is 26.2 Å². The molecule has 0 radical (unpaired) electrons. The smallest absolute Gasteiger partial charge is 0.312 e. The van der Waals surface area contributed by atoms with Crippen molar-refractivity contribution in [2.24, 2.45) is 11.8 Å². The molecule has 1 aromatic carbocycles. The molecule has 3 heterocycles. The number of halogens is 2. The number of rotatable bonds is 13. The van der Waals surface area contributed by atoms with Crippen LogP contribution in [0.15, 0.2) is 43.5 Å². The van der Waals surface area contributed by atoms with Crippen molar-refractivity contribution in [3.05, 3.63) is 54.1 Å². The Morgan fingerprint density at radius 3 is 2.69 bits per heavy atom. The highest BCUT2D eigenvalue weighted by Gasteiger charge is 2.77. The summed E-state index contributed by atoms with van der Waals surface area (Å²) in [4.78, 5) is 44.8. The van der Waals surface area contributed by atoms with Gasteiger partial charge in [0.2, 0.25) is 5.91 Å². The first kappa shape index (κ1) is 29.8. The van der Waals surface area contributed by atoms with Gasteiger partial charge in [0.25, 0.3) is 5.91 Å². The van der Waals surface area contributed by atoms with Gasteiger partial charge >= 0.3 is 5.97 Å². The average Bonchev–Trinajstić information content (AvgIpc) is 3.49. The number of carbonyl (C=O) groups excluding carboxylic acids is 3. The van der Waals surface area contributed by atoms with Crippen LogP contribution in [0.2, 0.25) is 5.02 Å². The molecule has 2 amide bonds. The normalized spacial score (nSPS) is 28.9. The van der Waals surface area contributed by atoms with E-state index in [1.54, 1.807) is 21.9 Å². The number of aliphatic hydroxyl groups excluding tert-OH is 1. The predicted molar refractivity (Wildman–Crippen MR) is 153 cm³/mol. The molecule has 3 fully saturated rings. The van der Waals surface area contributed by atoms with Crippen molar-refractivity contribution in [3.8, 4) is 0 Å². The largest absolute Gasteiger partial charge is 0.461 e. The molecule has 212 valence electrons. The topological polar surface area (TPSA) is 96.4 Å². The van der Waals surface area contributed by atoms with Gasteiger partial charge in [-0.05, 0) is 37.8 Å². The number of esters is 1. The molecule has 3 unspecified atom stereocenters. The van der Waals surface area contributed by atoms with Crippen LogP contribution in [0, 0.1) is 18.8 Å². The highest BCUT2D eigenvalue weighted by molar-refractivity contribution is 9.09. The van der Waals surface area contributed by atoms with E-state index in [-0.39, 0.29) is 36.4 Å². The van der Waals surface area contributed by atoms with Crippen LogP contribution in [0.25, 0.3) is 0 Å². The minimum Gasteiger partial charge on any atom is -0.461 e. The van der Waals surface area contributed by atoms with Gasteiger partial charge in [0.15, 0.2) is 0 Å². The van der Waals surface area contributed by atoms with E-state index in [0.29, 0.717) is 36.5 Å². The number of fused-ring (bicyclic) bond motifs is 1. The molecule has 3 aliphatic heterocycles. The van der Waals surface area contributed by atoms with Gasteiger partial charge in [0.1, 0.15) is 18.2 Å². The van der Waals surface area contributed by atoms with E-state index in [2.05, 4.69) is 29.1 Å². The minimum atomic E-state index is -1.19. The Kier molecular flexibility index (Phi) is 9.57. The number of benzene rings is 1. The molecule has 0 aromatic heterocycles. The fourth-order valence-electron chi connectivity index (χ4n) is 6.44. The van der Waals surface area contributed by atoms with Crippen molar-refractivity contribution < 1.29 is 29.0 Å². The number of aliphatic hydroxyl groups is 1. The molecular weight excluding hydrogens is 588 g/mol. The number of nitrogens with zero attached hydrogens (tertiary/aromatic N) is 2. The number of carbonyl (C=O) groups is 3. The van der Waals surface area contributed by atoms with Crippen molar-refractivity contribution in [2.75, 3.05) is 31.2 Å². The fraction of sp³-hybridized carbons (Fsp3) is 0.552. The average molecular weight is 624 g/mol. The van der Waals surface area contributed by atoms with Crippen LogP contribution in [0.4, 0.5) is 5.69 Å². The molecule has 39 heavy (non-hydrogen) atoms. The lowest BCUT2D eigenvalue weighted by Crippen LogP contribution is -2.57. The van der Waals surface area contributed by atoms with Gasteiger partial charge in [0.05, 0.1) is 28.6 Å². The molecule has 1 aromatic rings. The number of unbranched alkanes of at least 4 members (excludes halogenated alkanes) is 3. The van der Waals surface area contributed by atoms with E-state index < -0.39 is 35.6 Å². The van der Waals surface area contributed by atoms with Crippen LogP contribution in [0.5, 0.6) is 0 Å². The maximum atomic E-state index is 14.6. The third-order valence-corrected chi connectivity index (χ3v) is 9.13. The number of para-hydroxylation sites is 1. The maximum absolute atomic E-state index is 14.6. The zero-order valence-corrected chi connectivity index (χ0v) is 24.5. The standard InChI is InChI=1S/C29H36BrClN2O6/c1-4-13-32(23-18(3)11-10-12-20(23)31)27(36)25-29-17-19(30)24(39-29)21(28(37)38-16-5-2)22(29)26(35)33(25)14-8-6-7-9-15-34/h4-5,10-12,19,21-22,24-25,34H,1-2,6-9,13-17H2,3H3/t19?,21-,22+,24-,25?,29?/m1/s1. The maximum Gasteiger partial charge on any atom is 0.312 e. The van der Waals surface area contributed by atoms with E-state index in [1.165, 1.54) is 6.08 Å². The number of amides is 2. The highest BCUT2D eigenvalue weighted by atomic mass is 79.9. The van der Waals surface area contributed by atoms with E-state index in [0.717, 1.165) is 18.4 Å². The Morgan fingerprint density at radius 1 is 1.28 bits per heavy atom. The Morgan fingerprint density at radius 2 is 2.03 bits per heavy atom. The van der Waals surface area contributed by atoms with Crippen LogP contribution in [-0.2, 0) is 23.9 Å². The Labute approximate surface area is 243 Å². The summed E-state index contributed by atoms with van der Waals surface area (Å²) in [7, 11) is 0. The van der Waals surface area contributed by atoms with Gasteiger partial charge in [-0.15, -0.1) is 6.58 Å². The lowest BCUT2D eigenvalue weighted by molar-refractivity contribution is -0.153. The van der Waals surface area contributed by atoms with Crippen LogP contribution in [0.3, 0.4) is 0 Å². The van der Waals surface area contributed by atoms with Gasteiger partial charge in [-0.2, -0.15) is 0 Å². The summed E-state index contributed by atoms with van der Waals surface area (Å²) in [5, 5.41) is 9.56. The lowest BCUT2D eigenvalue weighted by Gasteiger charge is -2.37. The van der Waals surface area contributed by atoms with Crippen molar-refractivity contribution >= 4 is 51.0 Å². The zero-order valence-electron chi connectivity index (χ0n) is 22.2. The van der Waals surface area contributed by atoms with Crippen molar-refractivity contribution in [1.29, 1.82) is 0 Å². The number of likely N-dealkylation sites (tertiary alicyclic amines) is 1. The lowest BCUT2D eigenvalue weighted by atomic mass is 9.70.